The van der Waals surface area contributed by atoms with E-state index in [1.807, 2.05) is 0 Å². The highest BCUT2D eigenvalue weighted by Crippen LogP contribution is 2.29. The molecule has 3 heteroatoms. The molecular formula is C24H17N3. The monoisotopic (exact) mass is 347 g/mol. The van der Waals surface area contributed by atoms with Gasteiger partial charge in [-0.2, -0.15) is 0 Å². The predicted molar refractivity (Wildman–Crippen MR) is 112 cm³/mol. The molecule has 0 aliphatic heterocycles. The lowest BCUT2D eigenvalue weighted by molar-refractivity contribution is 1.08. The Morgan fingerprint density at radius 1 is 0.593 bits per heavy atom. The fourth-order valence-electron chi connectivity index (χ4n) is 3.94. The van der Waals surface area contributed by atoms with E-state index in [1.54, 1.807) is 0 Å². The quantitative estimate of drug-likeness (QED) is 0.371. The van der Waals surface area contributed by atoms with E-state index in [-0.39, 0.29) is 0 Å². The van der Waals surface area contributed by atoms with Crippen molar-refractivity contribution in [1.82, 2.24) is 14.5 Å². The number of para-hydroxylation sites is 2. The summed E-state index contributed by atoms with van der Waals surface area (Å²) in [6.45, 7) is 0. The highest BCUT2D eigenvalue weighted by molar-refractivity contribution is 5.91. The van der Waals surface area contributed by atoms with Gasteiger partial charge in [0.1, 0.15) is 5.82 Å². The highest BCUT2D eigenvalue weighted by Gasteiger charge is 2.09. The molecule has 0 fully saturated rings. The van der Waals surface area contributed by atoms with E-state index in [9.17, 15) is 0 Å². The minimum Gasteiger partial charge on any atom is -0.355 e. The Hall–Kier alpha value is -3.72. The van der Waals surface area contributed by atoms with Gasteiger partial charge in [-0.25, -0.2) is 0 Å². The lowest BCUT2D eigenvalue weighted by atomic mass is 10.1. The first-order valence-corrected chi connectivity index (χ1v) is 9.12. The van der Waals surface area contributed by atoms with Gasteiger partial charge in [0.15, 0.2) is 0 Å². The number of rotatable bonds is 2. The minimum atomic E-state index is 1.09. The van der Waals surface area contributed by atoms with Gasteiger partial charge in [-0.05, 0) is 48.0 Å². The second kappa shape index (κ2) is 5.39. The molecule has 0 unspecified atom stereocenters. The molecule has 128 valence electrons. The molecule has 2 N–H and O–H groups in total. The molecule has 3 heterocycles. The summed E-state index contributed by atoms with van der Waals surface area (Å²) in [4.78, 5) is 7.03. The summed E-state index contributed by atoms with van der Waals surface area (Å²) in [6, 6.07) is 30.0. The molecule has 0 saturated heterocycles. The van der Waals surface area contributed by atoms with Crippen LogP contribution >= 0.6 is 0 Å². The van der Waals surface area contributed by atoms with E-state index < -0.39 is 0 Å². The predicted octanol–water partition coefficient (Wildman–Crippen LogP) is 6.26. The van der Waals surface area contributed by atoms with Crippen molar-refractivity contribution in [1.29, 1.82) is 0 Å². The molecule has 0 aliphatic rings. The van der Waals surface area contributed by atoms with E-state index in [1.165, 1.54) is 32.8 Å². The number of H-pyrrole nitrogens is 2. The van der Waals surface area contributed by atoms with Crippen LogP contribution in [0.25, 0.3) is 49.8 Å². The molecule has 0 atom stereocenters. The summed E-state index contributed by atoms with van der Waals surface area (Å²) >= 11 is 0. The fourth-order valence-corrected chi connectivity index (χ4v) is 3.94. The topological polar surface area (TPSA) is 36.5 Å². The van der Waals surface area contributed by atoms with Crippen LogP contribution < -0.4 is 0 Å². The van der Waals surface area contributed by atoms with E-state index >= 15 is 0 Å². The Morgan fingerprint density at radius 2 is 1.33 bits per heavy atom. The Balaban J connectivity index is 1.48. The van der Waals surface area contributed by atoms with Crippen LogP contribution in [0.3, 0.4) is 0 Å². The van der Waals surface area contributed by atoms with Crippen LogP contribution in [0.4, 0.5) is 0 Å². The van der Waals surface area contributed by atoms with Gasteiger partial charge in [0.05, 0.1) is 5.52 Å². The molecule has 3 aromatic carbocycles. The van der Waals surface area contributed by atoms with Crippen molar-refractivity contribution in [3.8, 4) is 17.1 Å². The minimum absolute atomic E-state index is 1.09. The molecule has 3 nitrogen and oxygen atoms in total. The third kappa shape index (κ3) is 2.22. The normalized spacial score (nSPS) is 11.7. The molecule has 3 aromatic heterocycles. The van der Waals surface area contributed by atoms with Gasteiger partial charge in [0, 0.05) is 39.1 Å². The first kappa shape index (κ1) is 14.4. The molecule has 0 aliphatic carbocycles. The SMILES string of the molecule is c1ccc2[nH]c(-c3ccc4c(ccn4-c4cc5ccccc5[nH]4)c3)cc2c1. The van der Waals surface area contributed by atoms with Crippen LogP contribution in [0, 0.1) is 0 Å². The number of fused-ring (bicyclic) bond motifs is 3. The van der Waals surface area contributed by atoms with Gasteiger partial charge in [-0.3, -0.25) is 0 Å². The summed E-state index contributed by atoms with van der Waals surface area (Å²) in [6.07, 6.45) is 2.13. The zero-order valence-corrected chi connectivity index (χ0v) is 14.6. The molecule has 0 radical (unpaired) electrons. The third-order valence-electron chi connectivity index (χ3n) is 5.31. The van der Waals surface area contributed by atoms with Crippen molar-refractivity contribution in [2.45, 2.75) is 0 Å². The first-order chi connectivity index (χ1) is 13.3. The van der Waals surface area contributed by atoms with Crippen LogP contribution in [0.1, 0.15) is 0 Å². The zero-order valence-electron chi connectivity index (χ0n) is 14.6. The van der Waals surface area contributed by atoms with Crippen molar-refractivity contribution >= 4 is 32.7 Å². The van der Waals surface area contributed by atoms with E-state index in [4.69, 9.17) is 0 Å². The summed E-state index contributed by atoms with van der Waals surface area (Å²) in [5.74, 6) is 1.09. The van der Waals surface area contributed by atoms with Gasteiger partial charge < -0.3 is 14.5 Å². The van der Waals surface area contributed by atoms with E-state index in [0.717, 1.165) is 17.0 Å². The number of aromatic amines is 2. The summed E-state index contributed by atoms with van der Waals surface area (Å²) < 4.78 is 2.21. The molecule has 6 aromatic rings. The zero-order chi connectivity index (χ0) is 17.8. The van der Waals surface area contributed by atoms with Gasteiger partial charge in [0.2, 0.25) is 0 Å². The van der Waals surface area contributed by atoms with Crippen molar-refractivity contribution in [3.63, 3.8) is 0 Å². The molecule has 0 saturated carbocycles. The van der Waals surface area contributed by atoms with Crippen LogP contribution in [0.2, 0.25) is 0 Å². The lowest BCUT2D eigenvalue weighted by Crippen LogP contribution is -1.91. The van der Waals surface area contributed by atoms with E-state index in [0.29, 0.717) is 0 Å². The molecule has 27 heavy (non-hydrogen) atoms. The summed E-state index contributed by atoms with van der Waals surface area (Å²) in [5.41, 5.74) is 5.87. The molecule has 6 rings (SSSR count). The second-order valence-corrected chi connectivity index (χ2v) is 6.97. The largest absolute Gasteiger partial charge is 0.355 e. The van der Waals surface area contributed by atoms with Crippen LogP contribution in [0.15, 0.2) is 91.1 Å². The van der Waals surface area contributed by atoms with E-state index in [2.05, 4.69) is 106 Å². The van der Waals surface area contributed by atoms with Crippen molar-refractivity contribution in [2.75, 3.05) is 0 Å². The van der Waals surface area contributed by atoms with Crippen molar-refractivity contribution in [3.05, 3.63) is 91.1 Å². The number of nitrogens with one attached hydrogen (secondary N) is 2. The van der Waals surface area contributed by atoms with Crippen molar-refractivity contribution in [2.24, 2.45) is 0 Å². The van der Waals surface area contributed by atoms with Gasteiger partial charge in [0.25, 0.3) is 0 Å². The van der Waals surface area contributed by atoms with Gasteiger partial charge in [-0.1, -0.05) is 42.5 Å². The number of hydrogen-bond acceptors (Lipinski definition) is 0. The molecule has 0 bridgehead atoms. The third-order valence-corrected chi connectivity index (χ3v) is 5.31. The van der Waals surface area contributed by atoms with Crippen LogP contribution in [-0.4, -0.2) is 14.5 Å². The van der Waals surface area contributed by atoms with Crippen molar-refractivity contribution < 1.29 is 0 Å². The Bertz CT molecular complexity index is 1360. The molecular weight excluding hydrogens is 330 g/mol. The maximum absolute atomic E-state index is 3.52. The maximum atomic E-state index is 3.52. The molecule has 0 amide bonds. The Labute approximate surface area is 155 Å². The summed E-state index contributed by atoms with van der Waals surface area (Å²) in [5, 5.41) is 3.69. The van der Waals surface area contributed by atoms with Crippen LogP contribution in [-0.2, 0) is 0 Å². The number of aromatic nitrogens is 3. The smallest absolute Gasteiger partial charge is 0.115 e. The van der Waals surface area contributed by atoms with Crippen LogP contribution in [0.5, 0.6) is 0 Å². The number of nitrogens with zero attached hydrogens (tertiary/aromatic N) is 1. The first-order valence-electron chi connectivity index (χ1n) is 9.12. The van der Waals surface area contributed by atoms with Gasteiger partial charge in [-0.15, -0.1) is 0 Å². The average molecular weight is 347 g/mol. The lowest BCUT2D eigenvalue weighted by Gasteiger charge is -2.04. The van der Waals surface area contributed by atoms with Gasteiger partial charge >= 0.3 is 0 Å². The Kier molecular flexibility index (Phi) is 2.88. The molecule has 0 spiro atoms. The second-order valence-electron chi connectivity index (χ2n) is 6.97. The average Bonchev–Trinajstić information content (AvgIpc) is 3.42. The number of benzene rings is 3. The maximum Gasteiger partial charge on any atom is 0.115 e. The number of hydrogen-bond donors (Lipinski definition) is 2. The highest BCUT2D eigenvalue weighted by atomic mass is 15.1. The Morgan fingerprint density at radius 3 is 2.11 bits per heavy atom. The fraction of sp³-hybridized carbons (Fsp3) is 0. The standard InChI is InChI=1S/C24H17N3/c1-3-7-20-16(5-1)14-22(25-20)18-9-10-23-19(13-18)11-12-27(23)24-15-17-6-2-4-8-21(17)26-24/h1-15,25-26H. The summed E-state index contributed by atoms with van der Waals surface area (Å²) in [7, 11) is 0.